The molecule has 3 heteroatoms. The highest BCUT2D eigenvalue weighted by molar-refractivity contribution is 5.14. The Bertz CT molecular complexity index is 302. The summed E-state index contributed by atoms with van der Waals surface area (Å²) < 4.78 is 0. The summed E-state index contributed by atoms with van der Waals surface area (Å²) in [7, 11) is 0. The number of pyridine rings is 1. The molecular formula is C11H15N3. The monoisotopic (exact) mass is 189 g/mol. The summed E-state index contributed by atoms with van der Waals surface area (Å²) in [5.41, 5.74) is 1.20. The topological polar surface area (TPSA) is 48.7 Å². The number of nitrogens with one attached hydrogen (secondary N) is 1. The molecule has 1 aromatic heterocycles. The van der Waals surface area contributed by atoms with Crippen molar-refractivity contribution in [1.29, 1.82) is 5.26 Å². The maximum Gasteiger partial charge on any atom is 0.0638 e. The van der Waals surface area contributed by atoms with Gasteiger partial charge in [0.05, 0.1) is 12.5 Å². The van der Waals surface area contributed by atoms with E-state index >= 15 is 0 Å². The normalized spacial score (nSPS) is 14.4. The molecule has 0 aromatic carbocycles. The van der Waals surface area contributed by atoms with Crippen molar-refractivity contribution in [2.45, 2.75) is 32.4 Å². The quantitative estimate of drug-likeness (QED) is 0.788. The number of aromatic nitrogens is 1. The number of hydrogen-bond donors (Lipinski definition) is 1. The largest absolute Gasteiger partial charge is 0.307 e. The van der Waals surface area contributed by atoms with Gasteiger partial charge in [0.2, 0.25) is 0 Å². The summed E-state index contributed by atoms with van der Waals surface area (Å²) in [4.78, 5) is 3.96. The predicted octanol–water partition coefficient (Wildman–Crippen LogP) is 2.03. The van der Waals surface area contributed by atoms with Crippen molar-refractivity contribution >= 4 is 0 Å². The van der Waals surface area contributed by atoms with Gasteiger partial charge in [-0.3, -0.25) is 4.98 Å². The SMILES string of the molecule is CC(CC#N)NC(C)c1ccncc1. The lowest BCUT2D eigenvalue weighted by Crippen LogP contribution is -2.28. The highest BCUT2D eigenvalue weighted by atomic mass is 14.9. The van der Waals surface area contributed by atoms with Crippen LogP contribution in [0.25, 0.3) is 0 Å². The van der Waals surface area contributed by atoms with Gasteiger partial charge in [-0.25, -0.2) is 0 Å². The van der Waals surface area contributed by atoms with Crippen molar-refractivity contribution in [3.63, 3.8) is 0 Å². The minimum Gasteiger partial charge on any atom is -0.307 e. The van der Waals surface area contributed by atoms with E-state index in [-0.39, 0.29) is 12.1 Å². The Hall–Kier alpha value is -1.40. The lowest BCUT2D eigenvalue weighted by Gasteiger charge is -2.17. The molecule has 0 aliphatic rings. The van der Waals surface area contributed by atoms with Crippen LogP contribution in [0.15, 0.2) is 24.5 Å². The second-order valence-electron chi connectivity index (χ2n) is 3.43. The zero-order valence-corrected chi connectivity index (χ0v) is 8.57. The van der Waals surface area contributed by atoms with Crippen LogP contribution in [0.5, 0.6) is 0 Å². The predicted molar refractivity (Wildman–Crippen MR) is 55.5 cm³/mol. The summed E-state index contributed by atoms with van der Waals surface area (Å²) in [6, 6.07) is 6.61. The molecule has 0 saturated carbocycles. The van der Waals surface area contributed by atoms with Gasteiger partial charge in [0.1, 0.15) is 0 Å². The minimum atomic E-state index is 0.225. The van der Waals surface area contributed by atoms with E-state index in [9.17, 15) is 0 Å². The first-order valence-corrected chi connectivity index (χ1v) is 4.77. The second-order valence-corrected chi connectivity index (χ2v) is 3.43. The number of nitriles is 1. The van der Waals surface area contributed by atoms with Gasteiger partial charge in [0.15, 0.2) is 0 Å². The Kier molecular flexibility index (Phi) is 4.09. The summed E-state index contributed by atoms with van der Waals surface area (Å²) in [6.07, 6.45) is 4.10. The fraction of sp³-hybridized carbons (Fsp3) is 0.455. The number of rotatable bonds is 4. The fourth-order valence-electron chi connectivity index (χ4n) is 1.37. The van der Waals surface area contributed by atoms with Gasteiger partial charge in [0.25, 0.3) is 0 Å². The van der Waals surface area contributed by atoms with Gasteiger partial charge in [-0.1, -0.05) is 0 Å². The van der Waals surface area contributed by atoms with Crippen LogP contribution in [0.4, 0.5) is 0 Å². The Morgan fingerprint density at radius 2 is 2.07 bits per heavy atom. The standard InChI is InChI=1S/C11H15N3/c1-9(3-6-12)14-10(2)11-4-7-13-8-5-11/h4-5,7-10,14H,3H2,1-2H3. The first-order valence-electron chi connectivity index (χ1n) is 4.77. The van der Waals surface area contributed by atoms with Crippen LogP contribution in [0.1, 0.15) is 31.9 Å². The van der Waals surface area contributed by atoms with Gasteiger partial charge in [0, 0.05) is 24.5 Å². The van der Waals surface area contributed by atoms with E-state index in [4.69, 9.17) is 5.26 Å². The zero-order chi connectivity index (χ0) is 10.4. The van der Waals surface area contributed by atoms with Crippen molar-refractivity contribution in [1.82, 2.24) is 10.3 Å². The van der Waals surface area contributed by atoms with E-state index in [1.165, 1.54) is 5.56 Å². The molecule has 2 atom stereocenters. The minimum absolute atomic E-state index is 0.225. The van der Waals surface area contributed by atoms with Crippen molar-refractivity contribution < 1.29 is 0 Å². The first kappa shape index (κ1) is 10.7. The molecule has 1 rings (SSSR count). The first-order chi connectivity index (χ1) is 6.74. The van der Waals surface area contributed by atoms with Gasteiger partial charge in [-0.2, -0.15) is 5.26 Å². The Balaban J connectivity index is 2.51. The summed E-state index contributed by atoms with van der Waals surface area (Å²) in [5.74, 6) is 0. The van der Waals surface area contributed by atoms with Crippen LogP contribution < -0.4 is 5.32 Å². The Labute approximate surface area is 84.8 Å². The molecule has 0 fully saturated rings. The van der Waals surface area contributed by atoms with Gasteiger partial charge < -0.3 is 5.32 Å². The molecule has 2 unspecified atom stereocenters. The van der Waals surface area contributed by atoms with Crippen LogP contribution >= 0.6 is 0 Å². The number of nitrogens with zero attached hydrogens (tertiary/aromatic N) is 2. The third-order valence-corrected chi connectivity index (χ3v) is 2.14. The van der Waals surface area contributed by atoms with Crippen molar-refractivity contribution in [3.05, 3.63) is 30.1 Å². The highest BCUT2D eigenvalue weighted by Crippen LogP contribution is 2.11. The van der Waals surface area contributed by atoms with E-state index in [0.717, 1.165) is 0 Å². The van der Waals surface area contributed by atoms with Crippen LogP contribution in [-0.4, -0.2) is 11.0 Å². The zero-order valence-electron chi connectivity index (χ0n) is 8.57. The summed E-state index contributed by atoms with van der Waals surface area (Å²) in [6.45, 7) is 4.10. The van der Waals surface area contributed by atoms with E-state index in [2.05, 4.69) is 23.3 Å². The van der Waals surface area contributed by atoms with Crippen molar-refractivity contribution in [3.8, 4) is 6.07 Å². The van der Waals surface area contributed by atoms with Gasteiger partial charge >= 0.3 is 0 Å². The number of hydrogen-bond acceptors (Lipinski definition) is 3. The molecule has 0 amide bonds. The van der Waals surface area contributed by atoms with Crippen LogP contribution in [0, 0.1) is 11.3 Å². The molecule has 1 heterocycles. The summed E-state index contributed by atoms with van der Waals surface area (Å²) >= 11 is 0. The third kappa shape index (κ3) is 3.15. The molecule has 1 aromatic rings. The van der Waals surface area contributed by atoms with Crippen LogP contribution in [-0.2, 0) is 0 Å². The van der Waals surface area contributed by atoms with E-state index in [1.54, 1.807) is 12.4 Å². The van der Waals surface area contributed by atoms with Crippen LogP contribution in [0.2, 0.25) is 0 Å². The smallest absolute Gasteiger partial charge is 0.0638 e. The Morgan fingerprint density at radius 1 is 1.43 bits per heavy atom. The fourth-order valence-corrected chi connectivity index (χ4v) is 1.37. The molecule has 0 aliphatic carbocycles. The lowest BCUT2D eigenvalue weighted by molar-refractivity contribution is 0.485. The molecule has 3 nitrogen and oxygen atoms in total. The van der Waals surface area contributed by atoms with E-state index in [1.807, 2.05) is 19.1 Å². The molecule has 74 valence electrons. The Morgan fingerprint density at radius 3 is 2.64 bits per heavy atom. The molecule has 0 spiro atoms. The highest BCUT2D eigenvalue weighted by Gasteiger charge is 2.08. The molecule has 0 radical (unpaired) electrons. The average Bonchev–Trinajstić information content (AvgIpc) is 2.19. The van der Waals surface area contributed by atoms with E-state index in [0.29, 0.717) is 6.42 Å². The maximum atomic E-state index is 8.52. The molecule has 0 saturated heterocycles. The van der Waals surface area contributed by atoms with Crippen LogP contribution in [0.3, 0.4) is 0 Å². The molecule has 14 heavy (non-hydrogen) atoms. The maximum absolute atomic E-state index is 8.52. The lowest BCUT2D eigenvalue weighted by atomic mass is 10.1. The summed E-state index contributed by atoms with van der Waals surface area (Å²) in [5, 5.41) is 11.9. The third-order valence-electron chi connectivity index (χ3n) is 2.14. The van der Waals surface area contributed by atoms with Crippen molar-refractivity contribution in [2.24, 2.45) is 0 Å². The average molecular weight is 189 g/mol. The second kappa shape index (κ2) is 5.36. The molecule has 1 N–H and O–H groups in total. The van der Waals surface area contributed by atoms with Gasteiger partial charge in [-0.05, 0) is 31.5 Å². The molecule has 0 aliphatic heterocycles. The van der Waals surface area contributed by atoms with E-state index < -0.39 is 0 Å². The van der Waals surface area contributed by atoms with Crippen molar-refractivity contribution in [2.75, 3.05) is 0 Å². The molecular weight excluding hydrogens is 174 g/mol. The van der Waals surface area contributed by atoms with Gasteiger partial charge in [-0.15, -0.1) is 0 Å². The molecule has 0 bridgehead atoms.